The number of aryl methyl sites for hydroxylation is 1. The van der Waals surface area contributed by atoms with Crippen molar-refractivity contribution in [2.75, 3.05) is 38.2 Å². The number of hydrogen-bond donors (Lipinski definition) is 1. The topological polar surface area (TPSA) is 66.4 Å². The van der Waals surface area contributed by atoms with E-state index in [-0.39, 0.29) is 17.2 Å². The molecule has 1 saturated heterocycles. The first-order valence-corrected chi connectivity index (χ1v) is 9.15. The van der Waals surface area contributed by atoms with Crippen molar-refractivity contribution >= 4 is 11.7 Å². The van der Waals surface area contributed by atoms with Crippen LogP contribution >= 0.6 is 0 Å². The van der Waals surface area contributed by atoms with Crippen LogP contribution in [0.25, 0.3) is 5.82 Å². The van der Waals surface area contributed by atoms with E-state index >= 15 is 0 Å². The van der Waals surface area contributed by atoms with E-state index in [1.165, 1.54) is 19.2 Å². The molecule has 1 N–H and O–H groups in total. The molecular formula is C20H22FN5O2. The summed E-state index contributed by atoms with van der Waals surface area (Å²) >= 11 is 0. The minimum Gasteiger partial charge on any atom is -0.496 e. The molecule has 3 heterocycles. The third-order valence-electron chi connectivity index (χ3n) is 4.97. The number of nitrogens with zero attached hydrogens (tertiary/aromatic N) is 4. The fourth-order valence-corrected chi connectivity index (χ4v) is 3.53. The average molecular weight is 383 g/mol. The number of hydrogen-bond acceptors (Lipinski definition) is 4. The molecule has 0 bridgehead atoms. The number of carbonyl (C=O) groups is 1. The number of methoxy groups -OCH3 is 1. The third-order valence-corrected chi connectivity index (χ3v) is 4.97. The zero-order chi connectivity index (χ0) is 19.7. The summed E-state index contributed by atoms with van der Waals surface area (Å²) in [6.07, 6.45) is 1.96. The van der Waals surface area contributed by atoms with Crippen LogP contribution in [-0.2, 0) is 0 Å². The maximum Gasteiger partial charge on any atom is 0.260 e. The number of aromatic nitrogens is 3. The Kier molecular flexibility index (Phi) is 4.77. The number of carbonyl (C=O) groups excluding carboxylic acids is 1. The summed E-state index contributed by atoms with van der Waals surface area (Å²) in [5.41, 5.74) is 0.984. The summed E-state index contributed by atoms with van der Waals surface area (Å²) in [7, 11) is 1.44. The lowest BCUT2D eigenvalue weighted by Crippen LogP contribution is -2.49. The molecule has 4 rings (SSSR count). The highest BCUT2D eigenvalue weighted by molar-refractivity contribution is 5.97. The highest BCUT2D eigenvalue weighted by Crippen LogP contribution is 2.25. The smallest absolute Gasteiger partial charge is 0.260 e. The van der Waals surface area contributed by atoms with E-state index in [0.717, 1.165) is 17.3 Å². The normalized spacial score (nSPS) is 14.4. The van der Waals surface area contributed by atoms with Gasteiger partial charge in [-0.1, -0.05) is 6.07 Å². The molecule has 28 heavy (non-hydrogen) atoms. The predicted octanol–water partition coefficient (Wildman–Crippen LogP) is 2.62. The largest absolute Gasteiger partial charge is 0.496 e. The molecule has 8 heteroatoms. The van der Waals surface area contributed by atoms with Gasteiger partial charge in [-0.15, -0.1) is 0 Å². The van der Waals surface area contributed by atoms with Crippen molar-refractivity contribution in [3.63, 3.8) is 0 Å². The van der Waals surface area contributed by atoms with Gasteiger partial charge in [0.2, 0.25) is 0 Å². The van der Waals surface area contributed by atoms with E-state index in [4.69, 9.17) is 4.74 Å². The lowest BCUT2D eigenvalue weighted by Gasteiger charge is -2.36. The van der Waals surface area contributed by atoms with Gasteiger partial charge in [0.15, 0.2) is 5.82 Å². The Morgan fingerprint density at radius 2 is 1.96 bits per heavy atom. The number of nitrogens with one attached hydrogen (secondary N) is 1. The van der Waals surface area contributed by atoms with E-state index in [9.17, 15) is 9.18 Å². The Morgan fingerprint density at radius 1 is 1.18 bits per heavy atom. The van der Waals surface area contributed by atoms with E-state index in [0.29, 0.717) is 26.2 Å². The van der Waals surface area contributed by atoms with E-state index in [2.05, 4.69) is 15.1 Å². The van der Waals surface area contributed by atoms with Crippen LogP contribution in [-0.4, -0.2) is 58.9 Å². The van der Waals surface area contributed by atoms with Gasteiger partial charge in [0, 0.05) is 44.1 Å². The first kappa shape index (κ1) is 18.1. The molecule has 0 atom stereocenters. The van der Waals surface area contributed by atoms with Crippen LogP contribution in [0.5, 0.6) is 5.75 Å². The van der Waals surface area contributed by atoms with Crippen molar-refractivity contribution in [2.45, 2.75) is 6.92 Å². The molecule has 1 aliphatic heterocycles. The Hall–Kier alpha value is -3.29. The Labute approximate surface area is 162 Å². The SMILES string of the molecule is COc1cccc(F)c1C(=O)N1CCN(c2cccn2-c2cc(C)[nH]n2)CC1. The first-order chi connectivity index (χ1) is 13.6. The molecule has 0 radical (unpaired) electrons. The second-order valence-electron chi connectivity index (χ2n) is 6.74. The van der Waals surface area contributed by atoms with E-state index in [1.807, 2.05) is 35.9 Å². The molecule has 0 unspecified atom stereocenters. The number of ether oxygens (including phenoxy) is 1. The third kappa shape index (κ3) is 3.21. The minimum atomic E-state index is -0.561. The van der Waals surface area contributed by atoms with Crippen LogP contribution in [0.3, 0.4) is 0 Å². The number of H-pyrrole nitrogens is 1. The maximum atomic E-state index is 14.2. The van der Waals surface area contributed by atoms with Crippen molar-refractivity contribution < 1.29 is 13.9 Å². The van der Waals surface area contributed by atoms with Crippen molar-refractivity contribution in [3.8, 4) is 11.6 Å². The molecule has 0 aliphatic carbocycles. The molecule has 1 aromatic carbocycles. The van der Waals surface area contributed by atoms with Crippen LogP contribution in [0, 0.1) is 12.7 Å². The zero-order valence-corrected chi connectivity index (χ0v) is 15.9. The highest BCUT2D eigenvalue weighted by atomic mass is 19.1. The average Bonchev–Trinajstić information content (AvgIpc) is 3.36. The van der Waals surface area contributed by atoms with E-state index in [1.54, 1.807) is 11.0 Å². The quantitative estimate of drug-likeness (QED) is 0.752. The van der Waals surface area contributed by atoms with Crippen LogP contribution in [0.1, 0.15) is 16.1 Å². The molecule has 2 aromatic heterocycles. The number of amides is 1. The summed E-state index contributed by atoms with van der Waals surface area (Å²) in [4.78, 5) is 16.7. The number of rotatable bonds is 4. The van der Waals surface area contributed by atoms with Crippen LogP contribution < -0.4 is 9.64 Å². The van der Waals surface area contributed by atoms with Gasteiger partial charge in [-0.25, -0.2) is 4.39 Å². The molecule has 3 aromatic rings. The summed E-state index contributed by atoms with van der Waals surface area (Å²) in [5, 5.41) is 7.27. The summed E-state index contributed by atoms with van der Waals surface area (Å²) in [6, 6.07) is 10.4. The molecular weight excluding hydrogens is 361 g/mol. The number of benzene rings is 1. The second kappa shape index (κ2) is 7.38. The number of piperazine rings is 1. The fourth-order valence-electron chi connectivity index (χ4n) is 3.53. The van der Waals surface area contributed by atoms with E-state index < -0.39 is 5.82 Å². The standard InChI is InChI=1S/C20H22FN5O2/c1-14-13-17(23-22-14)26-8-4-7-18(26)24-9-11-25(12-10-24)20(27)19-15(21)5-3-6-16(19)28-2/h3-8,13H,9-12H2,1-2H3,(H,22,23). The lowest BCUT2D eigenvalue weighted by atomic mass is 10.1. The van der Waals surface area contributed by atoms with Gasteiger partial charge in [0.25, 0.3) is 5.91 Å². The Balaban J connectivity index is 1.49. The summed E-state index contributed by atoms with van der Waals surface area (Å²) in [6.45, 7) is 4.26. The molecule has 146 valence electrons. The Morgan fingerprint density at radius 3 is 2.64 bits per heavy atom. The highest BCUT2D eigenvalue weighted by Gasteiger charge is 2.27. The number of aromatic amines is 1. The molecule has 0 spiro atoms. The van der Waals surface area contributed by atoms with Crippen molar-refractivity contribution in [2.24, 2.45) is 0 Å². The van der Waals surface area contributed by atoms with Gasteiger partial charge < -0.3 is 14.5 Å². The van der Waals surface area contributed by atoms with Gasteiger partial charge in [-0.3, -0.25) is 14.5 Å². The Bertz CT molecular complexity index is 988. The maximum absolute atomic E-state index is 14.2. The van der Waals surface area contributed by atoms with Gasteiger partial charge >= 0.3 is 0 Å². The number of halogens is 1. The van der Waals surface area contributed by atoms with Crippen molar-refractivity contribution in [3.05, 3.63) is 59.7 Å². The second-order valence-corrected chi connectivity index (χ2v) is 6.74. The van der Waals surface area contributed by atoms with Crippen LogP contribution in [0.15, 0.2) is 42.6 Å². The number of anilines is 1. The van der Waals surface area contributed by atoms with Crippen molar-refractivity contribution in [1.29, 1.82) is 0 Å². The molecule has 1 fully saturated rings. The predicted molar refractivity (Wildman–Crippen MR) is 104 cm³/mol. The molecule has 1 amide bonds. The van der Waals surface area contributed by atoms with Gasteiger partial charge in [-0.05, 0) is 31.2 Å². The molecule has 1 aliphatic rings. The van der Waals surface area contributed by atoms with Gasteiger partial charge in [0.05, 0.1) is 7.11 Å². The van der Waals surface area contributed by atoms with Crippen molar-refractivity contribution in [1.82, 2.24) is 19.7 Å². The monoisotopic (exact) mass is 383 g/mol. The lowest BCUT2D eigenvalue weighted by molar-refractivity contribution is 0.0738. The summed E-state index contributed by atoms with van der Waals surface area (Å²) in [5.74, 6) is 1.20. The van der Waals surface area contributed by atoms with Gasteiger partial charge in [-0.2, -0.15) is 5.10 Å². The first-order valence-electron chi connectivity index (χ1n) is 9.15. The molecule has 7 nitrogen and oxygen atoms in total. The fraction of sp³-hybridized carbons (Fsp3) is 0.300. The van der Waals surface area contributed by atoms with Crippen LogP contribution in [0.4, 0.5) is 10.2 Å². The minimum absolute atomic E-state index is 0.00572. The molecule has 0 saturated carbocycles. The summed E-state index contributed by atoms with van der Waals surface area (Å²) < 4.78 is 21.4. The van der Waals surface area contributed by atoms with Gasteiger partial charge in [0.1, 0.15) is 22.9 Å². The zero-order valence-electron chi connectivity index (χ0n) is 15.9. The van der Waals surface area contributed by atoms with Crippen LogP contribution in [0.2, 0.25) is 0 Å².